The van der Waals surface area contributed by atoms with Crippen molar-refractivity contribution in [2.75, 3.05) is 20.3 Å². The maximum Gasteiger partial charge on any atom is 0.240 e. The van der Waals surface area contributed by atoms with E-state index in [0.29, 0.717) is 24.2 Å². The highest BCUT2D eigenvalue weighted by Gasteiger charge is 2.04. The van der Waals surface area contributed by atoms with E-state index in [9.17, 15) is 0 Å². The molecule has 0 fully saturated rings. The van der Waals surface area contributed by atoms with E-state index >= 15 is 0 Å². The summed E-state index contributed by atoms with van der Waals surface area (Å²) in [5.41, 5.74) is 0. The monoisotopic (exact) mass is 199 g/mol. The van der Waals surface area contributed by atoms with Crippen molar-refractivity contribution in [2.24, 2.45) is 5.92 Å². The first kappa shape index (κ1) is 11.1. The summed E-state index contributed by atoms with van der Waals surface area (Å²) in [5, 5.41) is 6.92. The number of hydrogen-bond donors (Lipinski definition) is 1. The van der Waals surface area contributed by atoms with Gasteiger partial charge in [-0.25, -0.2) is 0 Å². The molecule has 0 spiro atoms. The molecule has 80 valence electrons. The van der Waals surface area contributed by atoms with Crippen LogP contribution in [-0.2, 0) is 11.3 Å². The molecule has 1 aromatic heterocycles. The molecule has 0 amide bonds. The van der Waals surface area contributed by atoms with E-state index in [2.05, 4.69) is 22.4 Å². The zero-order chi connectivity index (χ0) is 10.4. The van der Waals surface area contributed by atoms with E-state index in [-0.39, 0.29) is 0 Å². The summed E-state index contributed by atoms with van der Waals surface area (Å²) in [4.78, 5) is 4.08. The molecule has 5 nitrogen and oxygen atoms in total. The maximum atomic E-state index is 5.02. The Morgan fingerprint density at radius 1 is 1.57 bits per heavy atom. The average molecular weight is 199 g/mol. The predicted octanol–water partition coefficient (Wildman–Crippen LogP) is 0.750. The highest BCUT2D eigenvalue weighted by Crippen LogP contribution is 1.96. The molecular weight excluding hydrogens is 182 g/mol. The number of nitrogens with one attached hydrogen (secondary N) is 1. The largest absolute Gasteiger partial charge is 0.384 e. The van der Waals surface area contributed by atoms with Crippen molar-refractivity contribution < 1.29 is 9.26 Å². The predicted molar refractivity (Wildman–Crippen MR) is 51.8 cm³/mol. The first-order valence-electron chi connectivity index (χ1n) is 4.71. The smallest absolute Gasteiger partial charge is 0.240 e. The Labute approximate surface area is 83.8 Å². The summed E-state index contributed by atoms with van der Waals surface area (Å²) in [6, 6.07) is 0. The van der Waals surface area contributed by atoms with Crippen molar-refractivity contribution in [2.45, 2.75) is 20.4 Å². The third-order valence-corrected chi connectivity index (χ3v) is 1.79. The van der Waals surface area contributed by atoms with E-state index in [1.54, 1.807) is 14.0 Å². The van der Waals surface area contributed by atoms with Crippen molar-refractivity contribution >= 4 is 0 Å². The van der Waals surface area contributed by atoms with Gasteiger partial charge in [-0.1, -0.05) is 12.1 Å². The lowest BCUT2D eigenvalue weighted by atomic mass is 10.2. The number of nitrogens with zero attached hydrogens (tertiary/aromatic N) is 2. The second-order valence-corrected chi connectivity index (χ2v) is 3.43. The van der Waals surface area contributed by atoms with Crippen LogP contribution < -0.4 is 5.32 Å². The van der Waals surface area contributed by atoms with Gasteiger partial charge < -0.3 is 14.6 Å². The molecule has 5 heteroatoms. The van der Waals surface area contributed by atoms with Crippen LogP contribution in [0.15, 0.2) is 4.52 Å². The van der Waals surface area contributed by atoms with Crippen LogP contribution in [0.3, 0.4) is 0 Å². The summed E-state index contributed by atoms with van der Waals surface area (Å²) >= 11 is 0. The lowest BCUT2D eigenvalue weighted by molar-refractivity contribution is 0.158. The standard InChI is InChI=1S/C9H17N3O2/c1-7(6-13-3)4-10-5-9-11-8(2)12-14-9/h7,10H,4-6H2,1-3H3. The summed E-state index contributed by atoms with van der Waals surface area (Å²) in [5.74, 6) is 1.79. The molecule has 1 aromatic rings. The van der Waals surface area contributed by atoms with Gasteiger partial charge in [0.05, 0.1) is 6.54 Å². The Bertz CT molecular complexity index is 262. The fourth-order valence-electron chi connectivity index (χ4n) is 1.18. The molecule has 0 aliphatic carbocycles. The fraction of sp³-hybridized carbons (Fsp3) is 0.778. The van der Waals surface area contributed by atoms with Crippen molar-refractivity contribution in [3.63, 3.8) is 0 Å². The van der Waals surface area contributed by atoms with E-state index in [1.165, 1.54) is 0 Å². The minimum Gasteiger partial charge on any atom is -0.384 e. The van der Waals surface area contributed by atoms with Gasteiger partial charge in [-0.05, 0) is 12.8 Å². The summed E-state index contributed by atoms with van der Waals surface area (Å²) < 4.78 is 9.97. The highest BCUT2D eigenvalue weighted by molar-refractivity contribution is 4.81. The van der Waals surface area contributed by atoms with Crippen LogP contribution in [0.2, 0.25) is 0 Å². The van der Waals surface area contributed by atoms with Gasteiger partial charge in [0.25, 0.3) is 0 Å². The van der Waals surface area contributed by atoms with Crippen LogP contribution in [-0.4, -0.2) is 30.4 Å². The fourth-order valence-corrected chi connectivity index (χ4v) is 1.18. The summed E-state index contributed by atoms with van der Waals surface area (Å²) in [6.07, 6.45) is 0. The minimum atomic E-state index is 0.490. The molecule has 1 N–H and O–H groups in total. The number of methoxy groups -OCH3 is 1. The lowest BCUT2D eigenvalue weighted by Gasteiger charge is -2.09. The Kier molecular flexibility index (Phi) is 4.55. The SMILES string of the molecule is COCC(C)CNCc1nc(C)no1. The van der Waals surface area contributed by atoms with Crippen LogP contribution in [0, 0.1) is 12.8 Å². The van der Waals surface area contributed by atoms with Crippen LogP contribution in [0.4, 0.5) is 0 Å². The number of aryl methyl sites for hydroxylation is 1. The molecule has 0 saturated heterocycles. The Balaban J connectivity index is 2.15. The van der Waals surface area contributed by atoms with Gasteiger partial charge in [0.1, 0.15) is 0 Å². The third-order valence-electron chi connectivity index (χ3n) is 1.79. The van der Waals surface area contributed by atoms with Crippen molar-refractivity contribution in [1.82, 2.24) is 15.5 Å². The van der Waals surface area contributed by atoms with Gasteiger partial charge in [-0.15, -0.1) is 0 Å². The van der Waals surface area contributed by atoms with E-state index in [4.69, 9.17) is 9.26 Å². The Morgan fingerprint density at radius 2 is 2.36 bits per heavy atom. The van der Waals surface area contributed by atoms with Crippen molar-refractivity contribution in [1.29, 1.82) is 0 Å². The molecule has 0 radical (unpaired) electrons. The lowest BCUT2D eigenvalue weighted by Crippen LogP contribution is -2.23. The zero-order valence-corrected chi connectivity index (χ0v) is 8.91. The van der Waals surface area contributed by atoms with Crippen LogP contribution >= 0.6 is 0 Å². The molecule has 0 saturated carbocycles. The molecule has 14 heavy (non-hydrogen) atoms. The second-order valence-electron chi connectivity index (χ2n) is 3.43. The Morgan fingerprint density at radius 3 is 2.93 bits per heavy atom. The minimum absolute atomic E-state index is 0.490. The molecular formula is C9H17N3O2. The van der Waals surface area contributed by atoms with Crippen LogP contribution in [0.25, 0.3) is 0 Å². The quantitative estimate of drug-likeness (QED) is 0.732. The van der Waals surface area contributed by atoms with Crippen LogP contribution in [0.1, 0.15) is 18.6 Å². The average Bonchev–Trinajstić information content (AvgIpc) is 2.52. The molecule has 1 atom stereocenters. The van der Waals surface area contributed by atoms with Gasteiger partial charge in [0.2, 0.25) is 5.89 Å². The first-order valence-corrected chi connectivity index (χ1v) is 4.71. The number of rotatable bonds is 6. The molecule has 1 rings (SSSR count). The van der Waals surface area contributed by atoms with Gasteiger partial charge in [0, 0.05) is 20.3 Å². The topological polar surface area (TPSA) is 60.2 Å². The maximum absolute atomic E-state index is 5.02. The van der Waals surface area contributed by atoms with E-state index in [1.807, 2.05) is 0 Å². The van der Waals surface area contributed by atoms with Gasteiger partial charge in [-0.3, -0.25) is 0 Å². The molecule has 0 aliphatic heterocycles. The zero-order valence-electron chi connectivity index (χ0n) is 8.91. The number of aromatic nitrogens is 2. The Hall–Kier alpha value is -0.940. The first-order chi connectivity index (χ1) is 6.72. The molecule has 1 heterocycles. The van der Waals surface area contributed by atoms with Crippen molar-refractivity contribution in [3.05, 3.63) is 11.7 Å². The van der Waals surface area contributed by atoms with Crippen LogP contribution in [0.5, 0.6) is 0 Å². The molecule has 1 unspecified atom stereocenters. The molecule has 0 bridgehead atoms. The normalized spacial score (nSPS) is 13.1. The van der Waals surface area contributed by atoms with Gasteiger partial charge in [-0.2, -0.15) is 4.98 Å². The summed E-state index contributed by atoms with van der Waals surface area (Å²) in [6.45, 7) is 6.19. The highest BCUT2D eigenvalue weighted by atomic mass is 16.5. The third kappa shape index (κ3) is 3.85. The number of ether oxygens (including phenoxy) is 1. The van der Waals surface area contributed by atoms with Gasteiger partial charge >= 0.3 is 0 Å². The molecule has 0 aromatic carbocycles. The van der Waals surface area contributed by atoms with E-state index in [0.717, 1.165) is 13.2 Å². The number of hydrogen-bond acceptors (Lipinski definition) is 5. The molecule has 0 aliphatic rings. The summed E-state index contributed by atoms with van der Waals surface area (Å²) in [7, 11) is 1.71. The second kappa shape index (κ2) is 5.72. The van der Waals surface area contributed by atoms with Gasteiger partial charge in [0.15, 0.2) is 5.82 Å². The van der Waals surface area contributed by atoms with E-state index < -0.39 is 0 Å². The van der Waals surface area contributed by atoms with Crippen molar-refractivity contribution in [3.8, 4) is 0 Å².